The highest BCUT2D eigenvalue weighted by Gasteiger charge is 2.23. The highest BCUT2D eigenvalue weighted by Crippen LogP contribution is 2.20. The van der Waals surface area contributed by atoms with Crippen LogP contribution in [0.4, 0.5) is 4.79 Å². The van der Waals surface area contributed by atoms with Crippen molar-refractivity contribution in [1.82, 2.24) is 4.90 Å². The number of hydrogen-bond donors (Lipinski definition) is 2. The van der Waals surface area contributed by atoms with Crippen molar-refractivity contribution in [3.63, 3.8) is 0 Å². The standard InChI is InChI=1S/C11H22N2O3/c1-13(11(14)15)10(7-12)6-9-4-2-3-5-16-8-9/h9-10H,2-8,12H2,1H3,(H,14,15)/t9?,10-/m0/s1. The molecule has 5 nitrogen and oxygen atoms in total. The van der Waals surface area contributed by atoms with E-state index in [4.69, 9.17) is 15.6 Å². The zero-order chi connectivity index (χ0) is 12.0. The second-order valence-electron chi connectivity index (χ2n) is 4.46. The molecule has 1 saturated heterocycles. The number of carbonyl (C=O) groups is 1. The molecule has 16 heavy (non-hydrogen) atoms. The van der Waals surface area contributed by atoms with Crippen LogP contribution in [0.15, 0.2) is 0 Å². The first-order chi connectivity index (χ1) is 7.65. The summed E-state index contributed by atoms with van der Waals surface area (Å²) in [6, 6.07) is -0.0933. The predicted molar refractivity (Wildman–Crippen MR) is 61.4 cm³/mol. The minimum Gasteiger partial charge on any atom is -0.465 e. The van der Waals surface area contributed by atoms with Crippen LogP contribution in [-0.4, -0.2) is 48.9 Å². The normalized spacial score (nSPS) is 23.5. The third-order valence-corrected chi connectivity index (χ3v) is 3.23. The summed E-state index contributed by atoms with van der Waals surface area (Å²) in [6.45, 7) is 1.95. The lowest BCUT2D eigenvalue weighted by atomic mass is 9.95. The first-order valence-corrected chi connectivity index (χ1v) is 5.88. The van der Waals surface area contributed by atoms with Crippen LogP contribution < -0.4 is 5.73 Å². The Morgan fingerprint density at radius 3 is 3.00 bits per heavy atom. The predicted octanol–water partition coefficient (Wildman–Crippen LogP) is 1.13. The van der Waals surface area contributed by atoms with Crippen LogP contribution >= 0.6 is 0 Å². The third kappa shape index (κ3) is 3.98. The second kappa shape index (κ2) is 6.70. The minimum atomic E-state index is -0.912. The molecule has 1 rings (SSSR count). The minimum absolute atomic E-state index is 0.0933. The number of ether oxygens (including phenoxy) is 1. The van der Waals surface area contributed by atoms with Crippen LogP contribution in [0.1, 0.15) is 25.7 Å². The van der Waals surface area contributed by atoms with Crippen LogP contribution in [0.5, 0.6) is 0 Å². The summed E-state index contributed by atoms with van der Waals surface area (Å²) in [4.78, 5) is 12.2. The van der Waals surface area contributed by atoms with Gasteiger partial charge >= 0.3 is 6.09 Å². The van der Waals surface area contributed by atoms with Crippen LogP contribution in [0, 0.1) is 5.92 Å². The van der Waals surface area contributed by atoms with Crippen molar-refractivity contribution in [2.75, 3.05) is 26.8 Å². The van der Waals surface area contributed by atoms with Gasteiger partial charge in [-0.3, -0.25) is 0 Å². The summed E-state index contributed by atoms with van der Waals surface area (Å²) in [5, 5.41) is 8.91. The number of rotatable bonds is 4. The molecule has 2 atom stereocenters. The second-order valence-corrected chi connectivity index (χ2v) is 4.46. The average molecular weight is 230 g/mol. The summed E-state index contributed by atoms with van der Waals surface area (Å²) >= 11 is 0. The van der Waals surface area contributed by atoms with Crippen LogP contribution in [0.25, 0.3) is 0 Å². The van der Waals surface area contributed by atoms with Crippen molar-refractivity contribution in [2.45, 2.75) is 31.7 Å². The Labute approximate surface area is 96.6 Å². The van der Waals surface area contributed by atoms with Crippen molar-refractivity contribution >= 4 is 6.09 Å². The molecule has 94 valence electrons. The first kappa shape index (κ1) is 13.3. The molecule has 0 spiro atoms. The molecule has 1 unspecified atom stereocenters. The molecule has 0 aromatic heterocycles. The fourth-order valence-electron chi connectivity index (χ4n) is 2.11. The molecule has 0 aromatic carbocycles. The zero-order valence-corrected chi connectivity index (χ0v) is 9.89. The number of carboxylic acid groups (broad SMARTS) is 1. The van der Waals surface area contributed by atoms with E-state index in [1.807, 2.05) is 0 Å². The van der Waals surface area contributed by atoms with Gasteiger partial charge in [0.25, 0.3) is 0 Å². The molecule has 0 aliphatic carbocycles. The Kier molecular flexibility index (Phi) is 5.55. The van der Waals surface area contributed by atoms with Crippen molar-refractivity contribution in [3.05, 3.63) is 0 Å². The van der Waals surface area contributed by atoms with Gasteiger partial charge in [0.05, 0.1) is 0 Å². The van der Waals surface area contributed by atoms with E-state index in [0.717, 1.165) is 32.5 Å². The van der Waals surface area contributed by atoms with Crippen LogP contribution in [0.2, 0.25) is 0 Å². The lowest BCUT2D eigenvalue weighted by molar-refractivity contribution is 0.0939. The molecule has 3 N–H and O–H groups in total. The average Bonchev–Trinajstić information content (AvgIpc) is 2.53. The van der Waals surface area contributed by atoms with E-state index in [-0.39, 0.29) is 6.04 Å². The molecule has 1 amide bonds. The van der Waals surface area contributed by atoms with Gasteiger partial charge < -0.3 is 20.5 Å². The van der Waals surface area contributed by atoms with Crippen molar-refractivity contribution in [3.8, 4) is 0 Å². The van der Waals surface area contributed by atoms with E-state index < -0.39 is 6.09 Å². The number of hydrogen-bond acceptors (Lipinski definition) is 3. The number of nitrogens with zero attached hydrogens (tertiary/aromatic N) is 1. The Hall–Kier alpha value is -0.810. The highest BCUT2D eigenvalue weighted by molar-refractivity contribution is 5.64. The van der Waals surface area contributed by atoms with E-state index in [1.165, 1.54) is 11.3 Å². The lowest BCUT2D eigenvalue weighted by Crippen LogP contribution is -2.42. The van der Waals surface area contributed by atoms with Gasteiger partial charge in [0.2, 0.25) is 0 Å². The lowest BCUT2D eigenvalue weighted by Gasteiger charge is -2.27. The Balaban J connectivity index is 2.44. The topological polar surface area (TPSA) is 75.8 Å². The molecule has 1 fully saturated rings. The van der Waals surface area contributed by atoms with Gasteiger partial charge in [-0.15, -0.1) is 0 Å². The molecule has 0 aromatic rings. The Morgan fingerprint density at radius 2 is 2.38 bits per heavy atom. The van der Waals surface area contributed by atoms with Gasteiger partial charge in [-0.25, -0.2) is 4.79 Å². The number of nitrogens with two attached hydrogens (primary N) is 1. The van der Waals surface area contributed by atoms with Gasteiger partial charge in [0.15, 0.2) is 0 Å². The molecule has 1 aliphatic rings. The molecule has 1 aliphatic heterocycles. The molecule has 5 heteroatoms. The smallest absolute Gasteiger partial charge is 0.407 e. The third-order valence-electron chi connectivity index (χ3n) is 3.23. The van der Waals surface area contributed by atoms with Crippen LogP contribution in [0.3, 0.4) is 0 Å². The van der Waals surface area contributed by atoms with Gasteiger partial charge in [0, 0.05) is 32.8 Å². The summed E-state index contributed by atoms with van der Waals surface area (Å²) in [7, 11) is 1.58. The number of amides is 1. The first-order valence-electron chi connectivity index (χ1n) is 5.88. The summed E-state index contributed by atoms with van der Waals surface area (Å²) < 4.78 is 5.49. The van der Waals surface area contributed by atoms with E-state index >= 15 is 0 Å². The van der Waals surface area contributed by atoms with Crippen molar-refractivity contribution in [2.24, 2.45) is 11.7 Å². The van der Waals surface area contributed by atoms with E-state index in [1.54, 1.807) is 7.05 Å². The van der Waals surface area contributed by atoms with E-state index in [0.29, 0.717) is 12.5 Å². The monoisotopic (exact) mass is 230 g/mol. The van der Waals surface area contributed by atoms with Gasteiger partial charge in [0.1, 0.15) is 0 Å². The van der Waals surface area contributed by atoms with E-state index in [9.17, 15) is 4.79 Å². The quantitative estimate of drug-likeness (QED) is 0.759. The maximum absolute atomic E-state index is 10.8. The fourth-order valence-corrected chi connectivity index (χ4v) is 2.11. The fraction of sp³-hybridized carbons (Fsp3) is 0.909. The summed E-state index contributed by atoms with van der Waals surface area (Å²) in [6.07, 6.45) is 3.28. The zero-order valence-electron chi connectivity index (χ0n) is 9.89. The highest BCUT2D eigenvalue weighted by atomic mass is 16.5. The van der Waals surface area contributed by atoms with E-state index in [2.05, 4.69) is 0 Å². The maximum atomic E-state index is 10.8. The molecule has 0 radical (unpaired) electrons. The molecular formula is C11H22N2O3. The van der Waals surface area contributed by atoms with Crippen molar-refractivity contribution in [1.29, 1.82) is 0 Å². The summed E-state index contributed by atoms with van der Waals surface area (Å²) in [5.74, 6) is 0.442. The SMILES string of the molecule is CN(C(=O)O)[C@H](CN)CC1CCCCOC1. The molecule has 1 heterocycles. The maximum Gasteiger partial charge on any atom is 0.407 e. The Bertz CT molecular complexity index is 215. The van der Waals surface area contributed by atoms with Gasteiger partial charge in [-0.1, -0.05) is 6.42 Å². The van der Waals surface area contributed by atoms with Crippen molar-refractivity contribution < 1.29 is 14.6 Å². The Morgan fingerprint density at radius 1 is 1.62 bits per heavy atom. The van der Waals surface area contributed by atoms with Crippen LogP contribution in [-0.2, 0) is 4.74 Å². The number of likely N-dealkylation sites (N-methyl/N-ethyl adjacent to an activating group) is 1. The molecule has 0 saturated carbocycles. The largest absolute Gasteiger partial charge is 0.465 e. The summed E-state index contributed by atoms with van der Waals surface area (Å²) in [5.41, 5.74) is 5.62. The van der Waals surface area contributed by atoms with Gasteiger partial charge in [-0.05, 0) is 25.2 Å². The molecule has 0 bridgehead atoms. The molecular weight excluding hydrogens is 208 g/mol. The van der Waals surface area contributed by atoms with Gasteiger partial charge in [-0.2, -0.15) is 0 Å².